The molecule has 0 aliphatic rings. The molecule has 4 atom stereocenters. The highest BCUT2D eigenvalue weighted by molar-refractivity contribution is 7.47. The Morgan fingerprint density at radius 3 is 1.60 bits per heavy atom. The molecule has 0 amide bonds. The van der Waals surface area contributed by atoms with Crippen LogP contribution in [0, 0.1) is 0 Å². The Bertz CT molecular complexity index is 1390. The molecular weight excluding hydrogens is 838 g/mol. The molecule has 0 aromatic heterocycles. The second-order valence-electron chi connectivity index (χ2n) is 15.2. The maximum atomic E-state index is 12.7. The Morgan fingerprint density at radius 1 is 0.532 bits per heavy atom. The number of carbonyl (C=O) groups excluding carboxylic acids is 2. The molecule has 14 nitrogen and oxygen atoms in total. The Morgan fingerprint density at radius 2 is 1.02 bits per heavy atom. The minimum absolute atomic E-state index is 0.0379. The van der Waals surface area contributed by atoms with Crippen molar-refractivity contribution < 1.29 is 66.7 Å². The molecule has 0 fully saturated rings. The van der Waals surface area contributed by atoms with Crippen LogP contribution in [0.5, 0.6) is 0 Å². The highest BCUT2D eigenvalue weighted by atomic mass is 31.2. The summed E-state index contributed by atoms with van der Waals surface area (Å²) in [5.74, 6) is -1.25. The molecule has 5 N–H and O–H groups in total. The Kier molecular flexibility index (Phi) is 39.6. The Balaban J connectivity index is 4.70. The van der Waals surface area contributed by atoms with E-state index in [9.17, 15) is 33.8 Å². The molecule has 0 aliphatic carbocycles. The highest BCUT2D eigenvalue weighted by Gasteiger charge is 2.28. The molecule has 0 bridgehead atoms. The number of rotatable bonds is 42. The van der Waals surface area contributed by atoms with Crippen LogP contribution in [-0.4, -0.2) is 81.6 Å². The summed E-state index contributed by atoms with van der Waals surface area (Å²) in [6.45, 7) is 1.48. The number of aliphatic hydroxyl groups excluding tert-OH is 2. The second kappa shape index (κ2) is 41.2. The lowest BCUT2D eigenvalue weighted by Crippen LogP contribution is -2.30. The third kappa shape index (κ3) is 44.1. The van der Waals surface area contributed by atoms with Gasteiger partial charge in [-0.15, -0.1) is 0 Å². The van der Waals surface area contributed by atoms with Gasteiger partial charge in [0.2, 0.25) is 0 Å². The van der Waals surface area contributed by atoms with Gasteiger partial charge in [0.25, 0.3) is 0 Å². The summed E-state index contributed by atoms with van der Waals surface area (Å²) < 4.78 is 47.7. The van der Waals surface area contributed by atoms with Crippen LogP contribution in [0.2, 0.25) is 0 Å². The predicted octanol–water partition coefficient (Wildman–Crippen LogP) is 10.8. The predicted molar refractivity (Wildman–Crippen MR) is 245 cm³/mol. The van der Waals surface area contributed by atoms with Crippen molar-refractivity contribution in [3.05, 3.63) is 72.9 Å². The molecule has 0 radical (unpaired) electrons. The molecule has 0 heterocycles. The van der Waals surface area contributed by atoms with Crippen molar-refractivity contribution in [2.75, 3.05) is 26.4 Å². The van der Waals surface area contributed by atoms with Gasteiger partial charge in [-0.1, -0.05) is 145 Å². The highest BCUT2D eigenvalue weighted by Crippen LogP contribution is 2.43. The van der Waals surface area contributed by atoms with E-state index in [0.717, 1.165) is 77.0 Å². The molecule has 16 heteroatoms. The van der Waals surface area contributed by atoms with Crippen molar-refractivity contribution in [3.8, 4) is 0 Å². The quantitative estimate of drug-likeness (QED) is 0.0127. The first kappa shape index (κ1) is 59.5. The fraction of sp³-hybridized carbons (Fsp3) is 0.696. The van der Waals surface area contributed by atoms with Crippen LogP contribution < -0.4 is 0 Å². The number of hydrogen-bond acceptors (Lipinski definition) is 11. The van der Waals surface area contributed by atoms with Gasteiger partial charge in [-0.2, -0.15) is 0 Å². The van der Waals surface area contributed by atoms with Crippen LogP contribution in [0.25, 0.3) is 0 Å². The summed E-state index contributed by atoms with van der Waals surface area (Å²) in [5.41, 5.74) is 0. The zero-order valence-electron chi connectivity index (χ0n) is 37.6. The molecule has 0 aromatic rings. The first-order chi connectivity index (χ1) is 29.8. The van der Waals surface area contributed by atoms with Crippen molar-refractivity contribution in [1.29, 1.82) is 0 Å². The lowest BCUT2D eigenvalue weighted by molar-refractivity contribution is -0.161. The van der Waals surface area contributed by atoms with Gasteiger partial charge in [0.05, 0.1) is 25.9 Å². The van der Waals surface area contributed by atoms with Gasteiger partial charge >= 0.3 is 27.6 Å². The van der Waals surface area contributed by atoms with E-state index >= 15 is 0 Å². The molecule has 0 spiro atoms. The number of hydrogen-bond donors (Lipinski definition) is 5. The summed E-state index contributed by atoms with van der Waals surface area (Å²) in [7, 11) is -9.75. The van der Waals surface area contributed by atoms with Gasteiger partial charge in [0.15, 0.2) is 6.10 Å². The van der Waals surface area contributed by atoms with E-state index in [0.29, 0.717) is 19.3 Å². The van der Waals surface area contributed by atoms with Crippen molar-refractivity contribution >= 4 is 27.6 Å². The fourth-order valence-electron chi connectivity index (χ4n) is 5.66. The van der Waals surface area contributed by atoms with Crippen LogP contribution >= 0.6 is 15.6 Å². The van der Waals surface area contributed by atoms with E-state index in [1.807, 2.05) is 12.2 Å². The Labute approximate surface area is 372 Å². The molecule has 62 heavy (non-hydrogen) atoms. The van der Waals surface area contributed by atoms with Crippen molar-refractivity contribution in [3.63, 3.8) is 0 Å². The number of esters is 2. The van der Waals surface area contributed by atoms with E-state index < -0.39 is 72.3 Å². The maximum Gasteiger partial charge on any atom is 0.472 e. The van der Waals surface area contributed by atoms with Gasteiger partial charge in [-0.25, -0.2) is 9.13 Å². The zero-order chi connectivity index (χ0) is 46.0. The number of ether oxygens (including phenoxy) is 2. The Hall–Kier alpha value is -2.48. The minimum atomic E-state index is -4.89. The molecule has 0 rings (SSSR count). The standard InChI is InChI=1S/C46H80O14P2/c1-3-5-7-9-11-13-15-17-18-19-20-22-24-26-28-30-32-36-46(50)60-44(41-59-62(54,55)58-39-43(48)38-57-61(51,52)53)40-56-45(49)37-33-35-42(47)34-31-29-27-25-23-21-16-14-12-10-8-6-4-2/h11-14,17-18,21,23,27,29,31,34,42-44,47-48H,3-10,15-16,19-20,22,24-26,28,30,32-33,35-41H2,1-2H3,(H,54,55)(H2,51,52,53)/b13-11-,14-12-,18-17-,23-21-,29-27-,34-31+/t42-,43+,44-/m1/s1. The van der Waals surface area contributed by atoms with Gasteiger partial charge in [0, 0.05) is 12.8 Å². The van der Waals surface area contributed by atoms with Crippen LogP contribution in [0.1, 0.15) is 162 Å². The second-order valence-corrected chi connectivity index (χ2v) is 17.9. The summed E-state index contributed by atoms with van der Waals surface area (Å²) in [6.07, 6.45) is 42.0. The normalized spacial score (nSPS) is 15.1. The number of phosphoric acid groups is 2. The molecule has 0 aromatic carbocycles. The van der Waals surface area contributed by atoms with E-state index in [-0.39, 0.29) is 12.8 Å². The van der Waals surface area contributed by atoms with Crippen LogP contribution in [0.15, 0.2) is 72.9 Å². The van der Waals surface area contributed by atoms with Crippen molar-refractivity contribution in [2.24, 2.45) is 0 Å². The van der Waals surface area contributed by atoms with Gasteiger partial charge in [0.1, 0.15) is 12.7 Å². The number of aliphatic hydroxyl groups is 2. The number of phosphoric ester groups is 2. The minimum Gasteiger partial charge on any atom is -0.462 e. The molecule has 1 unspecified atom stereocenters. The monoisotopic (exact) mass is 919 g/mol. The topological polar surface area (TPSA) is 216 Å². The molecule has 0 saturated carbocycles. The lowest BCUT2D eigenvalue weighted by atomic mass is 10.1. The largest absolute Gasteiger partial charge is 0.472 e. The first-order valence-corrected chi connectivity index (χ1v) is 25.8. The average Bonchev–Trinajstić information content (AvgIpc) is 3.22. The molecule has 358 valence electrons. The zero-order valence-corrected chi connectivity index (χ0v) is 39.3. The van der Waals surface area contributed by atoms with E-state index in [2.05, 4.69) is 71.5 Å². The van der Waals surface area contributed by atoms with Crippen LogP contribution in [0.3, 0.4) is 0 Å². The third-order valence-electron chi connectivity index (χ3n) is 9.16. The number of unbranched alkanes of at least 4 members (excludes halogenated alkanes) is 13. The molecule has 0 saturated heterocycles. The fourth-order valence-corrected chi connectivity index (χ4v) is 6.81. The van der Waals surface area contributed by atoms with Crippen molar-refractivity contribution in [2.45, 2.75) is 180 Å². The van der Waals surface area contributed by atoms with Crippen LogP contribution in [-0.2, 0) is 41.8 Å². The average molecular weight is 919 g/mol. The molecular formula is C46H80O14P2. The summed E-state index contributed by atoms with van der Waals surface area (Å²) in [5, 5.41) is 20.0. The van der Waals surface area contributed by atoms with Gasteiger partial charge < -0.3 is 34.4 Å². The number of carbonyl (C=O) groups is 2. The SMILES string of the molecule is CCCCC/C=C\C/C=C\C/C=C\C=C\[C@@H](O)CCCC(=O)OC[C@H](COP(=O)(O)OC[C@@H](O)COP(=O)(O)O)OC(=O)CCCCCCCCC/C=C\C/C=C\CCCCC. The van der Waals surface area contributed by atoms with Gasteiger partial charge in [-0.05, 0) is 77.0 Å². The lowest BCUT2D eigenvalue weighted by Gasteiger charge is -2.20. The van der Waals surface area contributed by atoms with Crippen LogP contribution in [0.4, 0.5) is 0 Å². The van der Waals surface area contributed by atoms with Crippen molar-refractivity contribution in [1.82, 2.24) is 0 Å². The summed E-state index contributed by atoms with van der Waals surface area (Å²) >= 11 is 0. The van der Waals surface area contributed by atoms with Gasteiger partial charge in [-0.3, -0.25) is 23.2 Å². The van der Waals surface area contributed by atoms with E-state index in [1.165, 1.54) is 38.5 Å². The van der Waals surface area contributed by atoms with E-state index in [4.69, 9.17) is 23.8 Å². The smallest absolute Gasteiger partial charge is 0.462 e. The molecule has 0 aliphatic heterocycles. The van der Waals surface area contributed by atoms with E-state index in [1.54, 1.807) is 12.2 Å². The summed E-state index contributed by atoms with van der Waals surface area (Å²) in [4.78, 5) is 52.8. The summed E-state index contributed by atoms with van der Waals surface area (Å²) in [6, 6.07) is 0. The maximum absolute atomic E-state index is 12.7. The third-order valence-corrected chi connectivity index (χ3v) is 10.6. The first-order valence-electron chi connectivity index (χ1n) is 22.7. The number of allylic oxidation sites excluding steroid dienone is 11.